The van der Waals surface area contributed by atoms with Gasteiger partial charge in [-0.25, -0.2) is 8.42 Å². The van der Waals surface area contributed by atoms with Crippen LogP contribution in [0, 0.1) is 6.92 Å². The maximum Gasteiger partial charge on any atom is 0.253 e. The van der Waals surface area contributed by atoms with E-state index in [1.165, 1.54) is 5.56 Å². The quantitative estimate of drug-likeness (QED) is 0.744. The Labute approximate surface area is 184 Å². The first kappa shape index (κ1) is 22.8. The van der Waals surface area contributed by atoms with Crippen molar-refractivity contribution in [2.45, 2.75) is 26.2 Å². The van der Waals surface area contributed by atoms with Crippen LogP contribution in [0.25, 0.3) is 0 Å². The van der Waals surface area contributed by atoms with Crippen molar-refractivity contribution in [2.75, 3.05) is 37.2 Å². The van der Waals surface area contributed by atoms with Crippen LogP contribution >= 0.6 is 0 Å². The lowest BCUT2D eigenvalue weighted by Gasteiger charge is -2.22. The van der Waals surface area contributed by atoms with Crippen molar-refractivity contribution in [1.29, 1.82) is 0 Å². The zero-order valence-electron chi connectivity index (χ0n) is 18.0. The number of carbonyl (C=O) groups is 2. The van der Waals surface area contributed by atoms with Gasteiger partial charge in [0.25, 0.3) is 5.91 Å². The van der Waals surface area contributed by atoms with E-state index in [1.54, 1.807) is 29.2 Å². The fourth-order valence-electron chi connectivity index (χ4n) is 3.61. The van der Waals surface area contributed by atoms with Crippen molar-refractivity contribution in [3.05, 3.63) is 65.2 Å². The first-order valence-electron chi connectivity index (χ1n) is 10.4. The molecule has 31 heavy (non-hydrogen) atoms. The highest BCUT2D eigenvalue weighted by Gasteiger charge is 2.22. The molecule has 0 bridgehead atoms. The first-order chi connectivity index (χ1) is 14.7. The summed E-state index contributed by atoms with van der Waals surface area (Å²) >= 11 is 0. The molecule has 0 saturated carbocycles. The van der Waals surface area contributed by atoms with Crippen molar-refractivity contribution >= 4 is 27.5 Å². The predicted octanol–water partition coefficient (Wildman–Crippen LogP) is 2.67. The molecule has 1 aliphatic rings. The van der Waals surface area contributed by atoms with Crippen molar-refractivity contribution < 1.29 is 18.0 Å². The molecule has 2 aromatic carbocycles. The highest BCUT2D eigenvalue weighted by Crippen LogP contribution is 2.15. The number of hydrogen-bond acceptors (Lipinski definition) is 4. The van der Waals surface area contributed by atoms with Gasteiger partial charge in [0.15, 0.2) is 0 Å². The van der Waals surface area contributed by atoms with Gasteiger partial charge < -0.3 is 9.80 Å². The van der Waals surface area contributed by atoms with Crippen LogP contribution in [0.2, 0.25) is 0 Å². The second-order valence-electron chi connectivity index (χ2n) is 7.96. The molecule has 0 atom stereocenters. The minimum absolute atomic E-state index is 0.111. The topological polar surface area (TPSA) is 86.8 Å². The zero-order chi connectivity index (χ0) is 22.4. The summed E-state index contributed by atoms with van der Waals surface area (Å²) in [5.74, 6) is 0.00550. The summed E-state index contributed by atoms with van der Waals surface area (Å²) < 4.78 is 25.0. The van der Waals surface area contributed by atoms with E-state index in [2.05, 4.69) is 29.0 Å². The van der Waals surface area contributed by atoms with E-state index in [9.17, 15) is 18.0 Å². The number of benzene rings is 2. The minimum Gasteiger partial charge on any atom is -0.341 e. The predicted molar refractivity (Wildman–Crippen MR) is 122 cm³/mol. The van der Waals surface area contributed by atoms with Crippen LogP contribution in [-0.4, -0.2) is 62.5 Å². The number of anilines is 1. The fourth-order valence-corrected chi connectivity index (χ4v) is 4.18. The van der Waals surface area contributed by atoms with Crippen LogP contribution in [0.3, 0.4) is 0 Å². The van der Waals surface area contributed by atoms with Gasteiger partial charge >= 0.3 is 0 Å². The molecule has 1 fully saturated rings. The van der Waals surface area contributed by atoms with E-state index in [1.807, 2.05) is 11.8 Å². The lowest BCUT2D eigenvalue weighted by molar-refractivity contribution is -0.131. The van der Waals surface area contributed by atoms with Crippen molar-refractivity contribution in [3.8, 4) is 0 Å². The number of nitrogens with one attached hydrogen (secondary N) is 1. The maximum absolute atomic E-state index is 12.8. The lowest BCUT2D eigenvalue weighted by atomic mass is 10.1. The van der Waals surface area contributed by atoms with Crippen LogP contribution in [-0.2, 0) is 21.2 Å². The van der Waals surface area contributed by atoms with Gasteiger partial charge in [0.05, 0.1) is 6.26 Å². The summed E-state index contributed by atoms with van der Waals surface area (Å²) in [6.45, 7) is 4.28. The number of hydrogen-bond donors (Lipinski definition) is 1. The molecule has 1 saturated heterocycles. The average molecular weight is 444 g/mol. The molecule has 1 N–H and O–H groups in total. The molecule has 0 radical (unpaired) electrons. The summed E-state index contributed by atoms with van der Waals surface area (Å²) in [4.78, 5) is 29.1. The molecule has 166 valence electrons. The number of amides is 2. The molecule has 2 amide bonds. The Balaban J connectivity index is 1.53. The minimum atomic E-state index is -3.36. The van der Waals surface area contributed by atoms with Crippen molar-refractivity contribution in [2.24, 2.45) is 0 Å². The molecular weight excluding hydrogens is 414 g/mol. The van der Waals surface area contributed by atoms with Crippen LogP contribution in [0.15, 0.2) is 48.5 Å². The molecule has 2 aromatic rings. The number of nitrogens with zero attached hydrogens (tertiary/aromatic N) is 2. The molecule has 0 aliphatic carbocycles. The number of carbonyl (C=O) groups excluding carboxylic acids is 2. The Morgan fingerprint density at radius 1 is 0.903 bits per heavy atom. The molecule has 7 nitrogen and oxygen atoms in total. The number of rotatable bonds is 6. The summed E-state index contributed by atoms with van der Waals surface area (Å²) in [6.07, 6.45) is 2.99. The highest BCUT2D eigenvalue weighted by atomic mass is 32.2. The second-order valence-corrected chi connectivity index (χ2v) is 9.71. The Morgan fingerprint density at radius 3 is 2.16 bits per heavy atom. The Hall–Kier alpha value is -2.87. The Kier molecular flexibility index (Phi) is 7.33. The van der Waals surface area contributed by atoms with Gasteiger partial charge in [-0.1, -0.05) is 29.8 Å². The lowest BCUT2D eigenvalue weighted by Crippen LogP contribution is -2.37. The van der Waals surface area contributed by atoms with E-state index in [4.69, 9.17) is 0 Å². The van der Waals surface area contributed by atoms with E-state index in [0.717, 1.165) is 18.2 Å². The normalized spacial score (nSPS) is 14.8. The fraction of sp³-hybridized carbons (Fsp3) is 0.391. The van der Waals surface area contributed by atoms with Gasteiger partial charge in [0.1, 0.15) is 0 Å². The monoisotopic (exact) mass is 443 g/mol. The number of aryl methyl sites for hydroxylation is 2. The van der Waals surface area contributed by atoms with Crippen molar-refractivity contribution in [3.63, 3.8) is 0 Å². The van der Waals surface area contributed by atoms with E-state index in [-0.39, 0.29) is 11.8 Å². The zero-order valence-corrected chi connectivity index (χ0v) is 18.8. The largest absolute Gasteiger partial charge is 0.341 e. The molecule has 0 unspecified atom stereocenters. The summed E-state index contributed by atoms with van der Waals surface area (Å²) in [5, 5.41) is 0. The van der Waals surface area contributed by atoms with Gasteiger partial charge in [-0.2, -0.15) is 0 Å². The third kappa shape index (κ3) is 6.82. The highest BCUT2D eigenvalue weighted by molar-refractivity contribution is 7.92. The third-order valence-corrected chi connectivity index (χ3v) is 5.93. The van der Waals surface area contributed by atoms with Crippen LogP contribution in [0.1, 0.15) is 34.3 Å². The molecule has 3 rings (SSSR count). The van der Waals surface area contributed by atoms with Gasteiger partial charge in [0, 0.05) is 43.9 Å². The molecule has 0 aromatic heterocycles. The standard InChI is InChI=1S/C23H29N3O4S/c1-18-4-6-19(7-5-18)8-13-22(27)25-14-3-15-26(17-16-25)23(28)20-9-11-21(12-10-20)24-31(2,29)30/h4-7,9-12,24H,3,8,13-17H2,1-2H3. The Bertz CT molecular complexity index is 1020. The summed E-state index contributed by atoms with van der Waals surface area (Å²) in [6, 6.07) is 14.6. The summed E-state index contributed by atoms with van der Waals surface area (Å²) in [7, 11) is -3.36. The van der Waals surface area contributed by atoms with E-state index < -0.39 is 10.0 Å². The van der Waals surface area contributed by atoms with Crippen LogP contribution in [0.4, 0.5) is 5.69 Å². The van der Waals surface area contributed by atoms with Crippen LogP contribution < -0.4 is 4.72 Å². The summed E-state index contributed by atoms with van der Waals surface area (Å²) in [5.41, 5.74) is 3.27. The van der Waals surface area contributed by atoms with Crippen LogP contribution in [0.5, 0.6) is 0 Å². The molecule has 1 aliphatic heterocycles. The van der Waals surface area contributed by atoms with E-state index >= 15 is 0 Å². The van der Waals surface area contributed by atoms with Gasteiger partial charge in [0.2, 0.25) is 15.9 Å². The van der Waals surface area contributed by atoms with Gasteiger partial charge in [-0.15, -0.1) is 0 Å². The second kappa shape index (κ2) is 9.96. The SMILES string of the molecule is Cc1ccc(CCC(=O)N2CCCN(C(=O)c3ccc(NS(C)(=O)=O)cc3)CC2)cc1. The van der Waals surface area contributed by atoms with Gasteiger partial charge in [-0.05, 0) is 49.6 Å². The first-order valence-corrected chi connectivity index (χ1v) is 12.3. The molecule has 8 heteroatoms. The third-order valence-electron chi connectivity index (χ3n) is 5.32. The maximum atomic E-state index is 12.8. The molecule has 1 heterocycles. The molecular formula is C23H29N3O4S. The van der Waals surface area contributed by atoms with Crippen molar-refractivity contribution in [1.82, 2.24) is 9.80 Å². The smallest absolute Gasteiger partial charge is 0.253 e. The Morgan fingerprint density at radius 2 is 1.52 bits per heavy atom. The molecule has 0 spiro atoms. The van der Waals surface area contributed by atoms with E-state index in [0.29, 0.717) is 50.3 Å². The van der Waals surface area contributed by atoms with Gasteiger partial charge in [-0.3, -0.25) is 14.3 Å². The average Bonchev–Trinajstić information content (AvgIpc) is 2.98. The number of sulfonamides is 1.